The summed E-state index contributed by atoms with van der Waals surface area (Å²) in [6, 6.07) is 8.01. The number of benzene rings is 1. The number of halogens is 3. The molecule has 2 atom stereocenters. The van der Waals surface area contributed by atoms with Gasteiger partial charge in [-0.3, -0.25) is 9.59 Å². The number of carbonyl (C=O) groups excluding carboxylic acids is 2. The molecule has 2 aromatic rings. The van der Waals surface area contributed by atoms with E-state index in [0.29, 0.717) is 24.2 Å². The summed E-state index contributed by atoms with van der Waals surface area (Å²) in [5, 5.41) is 2.78. The Balaban J connectivity index is 1.71. The van der Waals surface area contributed by atoms with E-state index in [1.165, 1.54) is 24.2 Å². The van der Waals surface area contributed by atoms with Gasteiger partial charge >= 0.3 is 6.18 Å². The molecule has 8 heteroatoms. The molecule has 28 heavy (non-hydrogen) atoms. The Labute approximate surface area is 160 Å². The zero-order valence-corrected chi connectivity index (χ0v) is 15.3. The van der Waals surface area contributed by atoms with Crippen molar-refractivity contribution in [2.75, 3.05) is 6.54 Å². The molecule has 0 spiro atoms. The van der Waals surface area contributed by atoms with Crippen LogP contribution < -0.4 is 5.32 Å². The molecule has 1 aliphatic rings. The highest BCUT2D eigenvalue weighted by molar-refractivity contribution is 5.80. The third kappa shape index (κ3) is 4.55. The van der Waals surface area contributed by atoms with Crippen molar-refractivity contribution < 1.29 is 27.2 Å². The van der Waals surface area contributed by atoms with Gasteiger partial charge in [-0.15, -0.1) is 0 Å². The molecule has 0 bridgehead atoms. The highest BCUT2D eigenvalue weighted by atomic mass is 19.4. The molecule has 3 rings (SSSR count). The molecule has 1 N–H and O–H groups in total. The van der Waals surface area contributed by atoms with Gasteiger partial charge in [-0.1, -0.05) is 12.1 Å². The molecule has 1 aromatic carbocycles. The SMILES string of the molecule is CC(=O)N1C[C@H](C(=O)NCc2ccco2)CC[C@H]1c1cccc(C(F)(F)F)c1. The maximum Gasteiger partial charge on any atom is 0.416 e. The van der Waals surface area contributed by atoms with Crippen LogP contribution in [0.2, 0.25) is 0 Å². The quantitative estimate of drug-likeness (QED) is 0.855. The van der Waals surface area contributed by atoms with Crippen LogP contribution in [0.3, 0.4) is 0 Å². The Morgan fingerprint density at radius 1 is 1.21 bits per heavy atom. The maximum absolute atomic E-state index is 13.0. The first-order valence-corrected chi connectivity index (χ1v) is 9.00. The van der Waals surface area contributed by atoms with Gasteiger partial charge in [-0.05, 0) is 42.7 Å². The molecule has 2 heterocycles. The number of hydrogen-bond acceptors (Lipinski definition) is 3. The molecule has 1 aliphatic heterocycles. The van der Waals surface area contributed by atoms with Crippen LogP contribution in [0.4, 0.5) is 13.2 Å². The summed E-state index contributed by atoms with van der Waals surface area (Å²) >= 11 is 0. The van der Waals surface area contributed by atoms with Crippen molar-refractivity contribution in [3.8, 4) is 0 Å². The van der Waals surface area contributed by atoms with Crippen molar-refractivity contribution in [1.29, 1.82) is 0 Å². The third-order valence-corrected chi connectivity index (χ3v) is 4.97. The number of likely N-dealkylation sites (tertiary alicyclic amines) is 1. The number of carbonyl (C=O) groups is 2. The molecule has 150 valence electrons. The second-order valence-corrected chi connectivity index (χ2v) is 6.88. The van der Waals surface area contributed by atoms with Gasteiger partial charge in [0.2, 0.25) is 11.8 Å². The first-order chi connectivity index (χ1) is 13.3. The number of nitrogens with zero attached hydrogens (tertiary/aromatic N) is 1. The Morgan fingerprint density at radius 2 is 2.00 bits per heavy atom. The van der Waals surface area contributed by atoms with Gasteiger partial charge in [0.1, 0.15) is 5.76 Å². The predicted molar refractivity (Wildman–Crippen MR) is 94.9 cm³/mol. The van der Waals surface area contributed by atoms with E-state index in [1.54, 1.807) is 18.2 Å². The van der Waals surface area contributed by atoms with Gasteiger partial charge < -0.3 is 14.6 Å². The van der Waals surface area contributed by atoms with E-state index in [9.17, 15) is 22.8 Å². The lowest BCUT2D eigenvalue weighted by atomic mass is 9.87. The van der Waals surface area contributed by atoms with Crippen molar-refractivity contribution in [3.05, 3.63) is 59.5 Å². The molecule has 1 fully saturated rings. The predicted octanol–water partition coefficient (Wildman–Crippen LogP) is 3.91. The monoisotopic (exact) mass is 394 g/mol. The molecule has 2 amide bonds. The van der Waals surface area contributed by atoms with Crippen LogP contribution in [-0.2, 0) is 22.3 Å². The number of rotatable bonds is 4. The van der Waals surface area contributed by atoms with Crippen LogP contribution in [0.1, 0.15) is 42.7 Å². The van der Waals surface area contributed by atoms with Crippen molar-refractivity contribution in [1.82, 2.24) is 10.2 Å². The fraction of sp³-hybridized carbons (Fsp3) is 0.400. The highest BCUT2D eigenvalue weighted by Gasteiger charge is 2.36. The van der Waals surface area contributed by atoms with E-state index < -0.39 is 23.7 Å². The summed E-state index contributed by atoms with van der Waals surface area (Å²) in [4.78, 5) is 26.1. The van der Waals surface area contributed by atoms with Crippen molar-refractivity contribution in [2.24, 2.45) is 5.92 Å². The zero-order valence-electron chi connectivity index (χ0n) is 15.3. The largest absolute Gasteiger partial charge is 0.467 e. The Bertz CT molecular complexity index is 833. The molecular weight excluding hydrogens is 373 g/mol. The molecule has 0 aliphatic carbocycles. The molecule has 0 unspecified atom stereocenters. The van der Waals surface area contributed by atoms with Crippen molar-refractivity contribution >= 4 is 11.8 Å². The third-order valence-electron chi connectivity index (χ3n) is 4.97. The van der Waals surface area contributed by atoms with Gasteiger partial charge in [-0.2, -0.15) is 13.2 Å². The van der Waals surface area contributed by atoms with E-state index in [2.05, 4.69) is 5.32 Å². The van der Waals surface area contributed by atoms with Crippen LogP contribution in [0.15, 0.2) is 47.1 Å². The Kier molecular flexibility index (Phi) is 5.76. The van der Waals surface area contributed by atoms with Gasteiger partial charge in [0, 0.05) is 13.5 Å². The molecular formula is C20H21F3N2O3. The molecule has 0 radical (unpaired) electrons. The van der Waals surface area contributed by atoms with Gasteiger partial charge in [0.15, 0.2) is 0 Å². The smallest absolute Gasteiger partial charge is 0.416 e. The second kappa shape index (κ2) is 8.08. The van der Waals surface area contributed by atoms with E-state index in [1.807, 2.05) is 0 Å². The summed E-state index contributed by atoms with van der Waals surface area (Å²) in [7, 11) is 0. The molecule has 1 aromatic heterocycles. The number of amides is 2. The van der Waals surface area contributed by atoms with Crippen molar-refractivity contribution in [3.63, 3.8) is 0 Å². The minimum Gasteiger partial charge on any atom is -0.467 e. The average molecular weight is 394 g/mol. The Morgan fingerprint density at radius 3 is 2.64 bits per heavy atom. The summed E-state index contributed by atoms with van der Waals surface area (Å²) in [5.74, 6) is -0.272. The maximum atomic E-state index is 13.0. The highest BCUT2D eigenvalue weighted by Crippen LogP contribution is 2.36. The number of hydrogen-bond donors (Lipinski definition) is 1. The normalized spacial score (nSPS) is 20.1. The van der Waals surface area contributed by atoms with Crippen LogP contribution in [0, 0.1) is 5.92 Å². The summed E-state index contributed by atoms with van der Waals surface area (Å²) in [6.07, 6.45) is -2.03. The van der Waals surface area contributed by atoms with Crippen LogP contribution in [0.5, 0.6) is 0 Å². The van der Waals surface area contributed by atoms with Crippen LogP contribution in [-0.4, -0.2) is 23.3 Å². The molecule has 5 nitrogen and oxygen atoms in total. The van der Waals surface area contributed by atoms with Gasteiger partial charge in [0.25, 0.3) is 0 Å². The fourth-order valence-corrected chi connectivity index (χ4v) is 3.53. The Hall–Kier alpha value is -2.77. The minimum atomic E-state index is -4.44. The van der Waals surface area contributed by atoms with Gasteiger partial charge in [-0.25, -0.2) is 0 Å². The van der Waals surface area contributed by atoms with Gasteiger partial charge in [0.05, 0.1) is 30.3 Å². The van der Waals surface area contributed by atoms with Crippen LogP contribution >= 0.6 is 0 Å². The standard InChI is InChI=1S/C20H21F3N2O3/c1-13(26)25-12-15(19(27)24-11-17-6-3-9-28-17)7-8-18(25)14-4-2-5-16(10-14)20(21,22)23/h2-6,9-10,15,18H,7-8,11-12H2,1H3,(H,24,27)/t15-,18+/m1/s1. The molecule has 1 saturated heterocycles. The first-order valence-electron chi connectivity index (χ1n) is 9.00. The minimum absolute atomic E-state index is 0.167. The van der Waals surface area contributed by atoms with Crippen LogP contribution in [0.25, 0.3) is 0 Å². The van der Waals surface area contributed by atoms with E-state index >= 15 is 0 Å². The lowest BCUT2D eigenvalue weighted by Gasteiger charge is -2.39. The number of piperidine rings is 1. The fourth-order valence-electron chi connectivity index (χ4n) is 3.53. The number of alkyl halides is 3. The second-order valence-electron chi connectivity index (χ2n) is 6.88. The average Bonchev–Trinajstić information content (AvgIpc) is 3.18. The topological polar surface area (TPSA) is 62.6 Å². The molecule has 0 saturated carbocycles. The summed E-state index contributed by atoms with van der Waals surface area (Å²) < 4.78 is 44.2. The summed E-state index contributed by atoms with van der Waals surface area (Å²) in [5.41, 5.74) is -0.314. The summed E-state index contributed by atoms with van der Waals surface area (Å²) in [6.45, 7) is 1.78. The van der Waals surface area contributed by atoms with E-state index in [4.69, 9.17) is 4.42 Å². The lowest BCUT2D eigenvalue weighted by molar-refractivity contribution is -0.137. The van der Waals surface area contributed by atoms with E-state index in [-0.39, 0.29) is 24.9 Å². The number of furan rings is 1. The number of nitrogens with one attached hydrogen (secondary N) is 1. The first kappa shape index (κ1) is 20.0. The lowest BCUT2D eigenvalue weighted by Crippen LogP contribution is -2.46. The van der Waals surface area contributed by atoms with E-state index in [0.717, 1.165) is 12.1 Å². The zero-order chi connectivity index (χ0) is 20.3. The van der Waals surface area contributed by atoms with Crippen molar-refractivity contribution in [2.45, 2.75) is 38.5 Å².